The van der Waals surface area contributed by atoms with Gasteiger partial charge in [0.25, 0.3) is 0 Å². The fraction of sp³-hybridized carbons (Fsp3) is 0.520. The number of primary amides is 1. The van der Waals surface area contributed by atoms with Gasteiger partial charge in [-0.3, -0.25) is 9.36 Å². The molecule has 0 bridgehead atoms. The fourth-order valence-corrected chi connectivity index (χ4v) is 5.92. The van der Waals surface area contributed by atoms with Gasteiger partial charge in [0.05, 0.1) is 21.9 Å². The maximum Gasteiger partial charge on any atom is 0.573 e. The molecule has 222 valence electrons. The first-order valence-corrected chi connectivity index (χ1v) is 13.7. The summed E-state index contributed by atoms with van der Waals surface area (Å²) in [5.74, 6) is -3.40. The molecule has 2 fully saturated rings. The van der Waals surface area contributed by atoms with E-state index in [0.29, 0.717) is 36.8 Å². The third kappa shape index (κ3) is 6.85. The molecule has 0 saturated heterocycles. The number of nitrogens with two attached hydrogens (primary N) is 1. The zero-order valence-electron chi connectivity index (χ0n) is 21.4. The van der Waals surface area contributed by atoms with E-state index in [0.717, 1.165) is 12.1 Å². The lowest BCUT2D eigenvalue weighted by Gasteiger charge is -2.29. The summed E-state index contributed by atoms with van der Waals surface area (Å²) in [6, 6.07) is 1.55. The molecule has 2 aromatic heterocycles. The second-order valence-electron chi connectivity index (χ2n) is 10.3. The SMILES string of the molecule is NC(=O)C1CCC(n2c(Nc3c(Cl)cc(OC(F)(F)F)cc3Cl)nc3cnc(NC4CCC(F)(F)CC4)nc32)CC1. The Hall–Kier alpha value is -3.13. The van der Waals surface area contributed by atoms with Gasteiger partial charge < -0.3 is 21.1 Å². The highest BCUT2D eigenvalue weighted by Crippen LogP contribution is 2.41. The number of anilines is 3. The molecule has 0 aliphatic heterocycles. The minimum absolute atomic E-state index is 0.0969. The number of alkyl halides is 5. The molecule has 2 aliphatic rings. The quantitative estimate of drug-likeness (QED) is 0.243. The maximum atomic E-state index is 13.6. The van der Waals surface area contributed by atoms with E-state index in [1.54, 1.807) is 4.57 Å². The monoisotopic (exact) mass is 621 g/mol. The molecule has 9 nitrogen and oxygen atoms in total. The highest BCUT2D eigenvalue weighted by Gasteiger charge is 2.36. The number of carbonyl (C=O) groups excluding carboxylic acids is 1. The Balaban J connectivity index is 1.48. The molecular formula is C25H26Cl2F5N7O2. The van der Waals surface area contributed by atoms with Gasteiger partial charge in [0.15, 0.2) is 5.65 Å². The van der Waals surface area contributed by atoms with Gasteiger partial charge in [0, 0.05) is 43.0 Å². The number of hydrogen-bond acceptors (Lipinski definition) is 7. The van der Waals surface area contributed by atoms with Gasteiger partial charge in [-0.05, 0) is 38.5 Å². The van der Waals surface area contributed by atoms with E-state index in [1.165, 1.54) is 6.20 Å². The van der Waals surface area contributed by atoms with Crippen molar-refractivity contribution in [2.45, 2.75) is 75.7 Å². The largest absolute Gasteiger partial charge is 0.573 e. The molecule has 0 spiro atoms. The lowest BCUT2D eigenvalue weighted by molar-refractivity contribution is -0.274. The predicted octanol–water partition coefficient (Wildman–Crippen LogP) is 6.98. The zero-order valence-corrected chi connectivity index (χ0v) is 23.0. The van der Waals surface area contributed by atoms with E-state index in [9.17, 15) is 26.7 Å². The molecule has 0 atom stereocenters. The molecule has 2 saturated carbocycles. The first kappa shape index (κ1) is 29.4. The van der Waals surface area contributed by atoms with Gasteiger partial charge in [-0.2, -0.15) is 4.98 Å². The topological polar surface area (TPSA) is 120 Å². The first-order valence-electron chi connectivity index (χ1n) is 13.0. The Labute approximate surface area is 240 Å². The van der Waals surface area contributed by atoms with Crippen molar-refractivity contribution in [1.82, 2.24) is 19.5 Å². The summed E-state index contributed by atoms with van der Waals surface area (Å²) in [5, 5.41) is 5.87. The number of benzene rings is 1. The van der Waals surface area contributed by atoms with Gasteiger partial charge in [-0.15, -0.1) is 13.2 Å². The Morgan fingerprint density at radius 2 is 1.68 bits per heavy atom. The number of imidazole rings is 1. The number of rotatable bonds is 7. The average Bonchev–Trinajstić information content (AvgIpc) is 3.24. The molecule has 2 heterocycles. The van der Waals surface area contributed by atoms with Crippen LogP contribution in [-0.4, -0.2) is 43.8 Å². The van der Waals surface area contributed by atoms with Crippen molar-refractivity contribution in [1.29, 1.82) is 0 Å². The minimum Gasteiger partial charge on any atom is -0.406 e. The molecule has 41 heavy (non-hydrogen) atoms. The summed E-state index contributed by atoms with van der Waals surface area (Å²) in [6.45, 7) is 0. The molecule has 1 amide bonds. The Kier molecular flexibility index (Phi) is 8.07. The number of hydrogen-bond donors (Lipinski definition) is 3. The summed E-state index contributed by atoms with van der Waals surface area (Å²) >= 11 is 12.6. The van der Waals surface area contributed by atoms with Crippen LogP contribution < -0.4 is 21.1 Å². The number of amides is 1. The molecule has 1 aromatic carbocycles. The standard InChI is InChI=1S/C25H26Cl2F5N7O2/c26-16-9-15(41-25(30,31)32)10-17(27)19(16)37-23-36-18-11-34-22(35-13-5-7-24(28,29)8-6-13)38-21(18)39(23)14-3-1-12(2-4-14)20(33)40/h9-14H,1-8H2,(H2,33,40)(H,36,37)(H,34,35,38). The van der Waals surface area contributed by atoms with E-state index >= 15 is 0 Å². The summed E-state index contributed by atoms with van der Waals surface area (Å²) in [5.41, 5.74) is 6.43. The highest BCUT2D eigenvalue weighted by atomic mass is 35.5. The summed E-state index contributed by atoms with van der Waals surface area (Å²) in [6.07, 6.45) is -1.15. The van der Waals surface area contributed by atoms with E-state index < -0.39 is 18.0 Å². The average molecular weight is 622 g/mol. The smallest absolute Gasteiger partial charge is 0.406 e. The van der Waals surface area contributed by atoms with Crippen LogP contribution in [0.2, 0.25) is 10.0 Å². The van der Waals surface area contributed by atoms with Gasteiger partial charge >= 0.3 is 6.36 Å². The van der Waals surface area contributed by atoms with E-state index in [4.69, 9.17) is 28.9 Å². The minimum atomic E-state index is -4.93. The van der Waals surface area contributed by atoms with Gasteiger partial charge in [0.1, 0.15) is 11.3 Å². The van der Waals surface area contributed by atoms with Crippen molar-refractivity contribution >= 4 is 57.9 Å². The lowest BCUT2D eigenvalue weighted by Crippen LogP contribution is -2.32. The normalized spacial score (nSPS) is 21.5. The Morgan fingerprint density at radius 3 is 2.27 bits per heavy atom. The molecule has 3 aromatic rings. The third-order valence-corrected chi connectivity index (χ3v) is 8.03. The number of nitrogens with zero attached hydrogens (tertiary/aromatic N) is 4. The number of ether oxygens (including phenoxy) is 1. The second kappa shape index (κ2) is 11.3. The molecule has 2 aliphatic carbocycles. The molecule has 4 N–H and O–H groups in total. The molecule has 0 radical (unpaired) electrons. The van der Waals surface area contributed by atoms with Crippen LogP contribution in [0.4, 0.5) is 39.5 Å². The van der Waals surface area contributed by atoms with Crippen LogP contribution in [-0.2, 0) is 4.79 Å². The van der Waals surface area contributed by atoms with Crippen LogP contribution in [0.15, 0.2) is 18.3 Å². The molecular weight excluding hydrogens is 596 g/mol. The van der Waals surface area contributed by atoms with Crippen molar-refractivity contribution in [3.63, 3.8) is 0 Å². The van der Waals surface area contributed by atoms with E-state index in [2.05, 4.69) is 30.3 Å². The number of aromatic nitrogens is 4. The maximum absolute atomic E-state index is 13.6. The van der Waals surface area contributed by atoms with Gasteiger partial charge in [-0.1, -0.05) is 23.2 Å². The lowest BCUT2D eigenvalue weighted by atomic mass is 9.85. The van der Waals surface area contributed by atoms with Crippen LogP contribution in [0, 0.1) is 5.92 Å². The van der Waals surface area contributed by atoms with Crippen molar-refractivity contribution in [2.75, 3.05) is 10.6 Å². The second-order valence-corrected chi connectivity index (χ2v) is 11.1. The predicted molar refractivity (Wildman–Crippen MR) is 143 cm³/mol. The van der Waals surface area contributed by atoms with Crippen LogP contribution in [0.1, 0.15) is 57.4 Å². The van der Waals surface area contributed by atoms with Crippen LogP contribution >= 0.6 is 23.2 Å². The van der Waals surface area contributed by atoms with Gasteiger partial charge in [0.2, 0.25) is 23.7 Å². The fourth-order valence-electron chi connectivity index (χ4n) is 5.35. The summed E-state index contributed by atoms with van der Waals surface area (Å²) in [4.78, 5) is 25.3. The van der Waals surface area contributed by atoms with Crippen molar-refractivity contribution in [2.24, 2.45) is 11.7 Å². The number of nitrogens with one attached hydrogen (secondary N) is 2. The zero-order chi connectivity index (χ0) is 29.5. The van der Waals surface area contributed by atoms with E-state index in [1.807, 2.05) is 0 Å². The first-order chi connectivity index (χ1) is 19.3. The van der Waals surface area contributed by atoms with E-state index in [-0.39, 0.29) is 77.2 Å². The summed E-state index contributed by atoms with van der Waals surface area (Å²) in [7, 11) is 0. The highest BCUT2D eigenvalue weighted by molar-refractivity contribution is 6.39. The number of fused-ring (bicyclic) bond motifs is 1. The van der Waals surface area contributed by atoms with Crippen molar-refractivity contribution in [3.05, 3.63) is 28.4 Å². The van der Waals surface area contributed by atoms with Crippen molar-refractivity contribution < 1.29 is 31.5 Å². The van der Waals surface area contributed by atoms with Crippen LogP contribution in [0.5, 0.6) is 5.75 Å². The van der Waals surface area contributed by atoms with Crippen molar-refractivity contribution in [3.8, 4) is 5.75 Å². The number of carbonyl (C=O) groups is 1. The van der Waals surface area contributed by atoms with Crippen LogP contribution in [0.25, 0.3) is 11.2 Å². The van der Waals surface area contributed by atoms with Gasteiger partial charge in [-0.25, -0.2) is 18.7 Å². The Morgan fingerprint density at radius 1 is 1.05 bits per heavy atom. The molecule has 0 unspecified atom stereocenters. The summed E-state index contributed by atoms with van der Waals surface area (Å²) < 4.78 is 71.1. The number of halogens is 7. The van der Waals surface area contributed by atoms with Crippen LogP contribution in [0.3, 0.4) is 0 Å². The molecule has 16 heteroatoms. The molecule has 5 rings (SSSR count). The third-order valence-electron chi connectivity index (χ3n) is 7.43. The Bertz CT molecular complexity index is 1410.